The molecule has 0 bridgehead atoms. The third-order valence-electron chi connectivity index (χ3n) is 6.42. The SMILES string of the molecule is Cc1cc(C)c(C(=O)OCC(CCCCNC(=O)c2cccc(O)c2O)NC(=O)c2cccc(O)c2O)c(C)c1. The van der Waals surface area contributed by atoms with Gasteiger partial charge in [-0.25, -0.2) is 4.79 Å². The Balaban J connectivity index is 1.63. The third-order valence-corrected chi connectivity index (χ3v) is 6.42. The Bertz CT molecular complexity index is 1380. The first-order valence-corrected chi connectivity index (χ1v) is 12.9. The van der Waals surface area contributed by atoms with Gasteiger partial charge in [0.25, 0.3) is 11.8 Å². The number of rotatable bonds is 11. The first-order valence-electron chi connectivity index (χ1n) is 12.9. The zero-order valence-electron chi connectivity index (χ0n) is 22.7. The van der Waals surface area contributed by atoms with E-state index < -0.39 is 46.8 Å². The van der Waals surface area contributed by atoms with Gasteiger partial charge in [0, 0.05) is 6.54 Å². The van der Waals surface area contributed by atoms with Crippen LogP contribution in [0.5, 0.6) is 23.0 Å². The molecule has 10 heteroatoms. The lowest BCUT2D eigenvalue weighted by Crippen LogP contribution is -2.39. The van der Waals surface area contributed by atoms with Gasteiger partial charge in [-0.3, -0.25) is 9.59 Å². The fraction of sp³-hybridized carbons (Fsp3) is 0.300. The van der Waals surface area contributed by atoms with Gasteiger partial charge in [-0.05, 0) is 75.4 Å². The molecule has 0 saturated heterocycles. The Morgan fingerprint density at radius 3 is 1.93 bits per heavy atom. The largest absolute Gasteiger partial charge is 0.504 e. The van der Waals surface area contributed by atoms with Gasteiger partial charge in [-0.1, -0.05) is 29.8 Å². The summed E-state index contributed by atoms with van der Waals surface area (Å²) in [7, 11) is 0. The summed E-state index contributed by atoms with van der Waals surface area (Å²) in [4.78, 5) is 38.1. The standard InChI is InChI=1S/C30H34N2O8/c1-17-14-18(2)25(19(3)15-17)30(39)40-16-20(32-29(38)22-10-7-12-24(34)27(22)36)8-4-5-13-31-28(37)21-9-6-11-23(33)26(21)35/h6-7,9-12,14-15,20,33-36H,4-5,8,13,16H2,1-3H3,(H,31,37)(H,32,38). The van der Waals surface area contributed by atoms with Crippen LogP contribution in [0.1, 0.15) is 67.0 Å². The minimum atomic E-state index is -0.648. The molecule has 0 fully saturated rings. The van der Waals surface area contributed by atoms with Crippen LogP contribution in [-0.2, 0) is 4.74 Å². The Morgan fingerprint density at radius 1 is 0.800 bits per heavy atom. The molecule has 3 rings (SSSR count). The minimum absolute atomic E-state index is 0.0512. The molecule has 1 atom stereocenters. The van der Waals surface area contributed by atoms with Crippen molar-refractivity contribution in [2.24, 2.45) is 0 Å². The maximum Gasteiger partial charge on any atom is 0.338 e. The molecule has 3 aromatic carbocycles. The van der Waals surface area contributed by atoms with Crippen molar-refractivity contribution >= 4 is 17.8 Å². The second-order valence-electron chi connectivity index (χ2n) is 9.64. The van der Waals surface area contributed by atoms with E-state index in [1.165, 1.54) is 36.4 Å². The van der Waals surface area contributed by atoms with Gasteiger partial charge < -0.3 is 35.8 Å². The number of hydrogen-bond acceptors (Lipinski definition) is 8. The first kappa shape index (κ1) is 29.8. The molecule has 6 N–H and O–H groups in total. The van der Waals surface area contributed by atoms with Gasteiger partial charge in [0.1, 0.15) is 6.61 Å². The predicted octanol–water partition coefficient (Wildman–Crippen LogP) is 3.99. The van der Waals surface area contributed by atoms with Crippen LogP contribution in [0, 0.1) is 20.8 Å². The third kappa shape index (κ3) is 7.43. The summed E-state index contributed by atoms with van der Waals surface area (Å²) in [6, 6.07) is 11.3. The molecule has 0 heterocycles. The van der Waals surface area contributed by atoms with Crippen molar-refractivity contribution in [2.75, 3.05) is 13.2 Å². The Kier molecular flexibility index (Phi) is 9.97. The normalized spacial score (nSPS) is 11.5. The van der Waals surface area contributed by atoms with Crippen LogP contribution in [0.4, 0.5) is 0 Å². The maximum atomic E-state index is 12.9. The second kappa shape index (κ2) is 13.4. The lowest BCUT2D eigenvalue weighted by molar-refractivity contribution is 0.0448. The topological polar surface area (TPSA) is 165 Å². The van der Waals surface area contributed by atoms with E-state index in [1.807, 2.05) is 32.9 Å². The molecule has 0 radical (unpaired) electrons. The molecule has 0 aliphatic carbocycles. The van der Waals surface area contributed by atoms with Crippen LogP contribution in [0.2, 0.25) is 0 Å². The van der Waals surface area contributed by atoms with Gasteiger partial charge in [-0.2, -0.15) is 0 Å². The summed E-state index contributed by atoms with van der Waals surface area (Å²) in [5, 5.41) is 44.7. The van der Waals surface area contributed by atoms with Crippen molar-refractivity contribution in [1.82, 2.24) is 10.6 Å². The molecule has 3 aromatic rings. The predicted molar refractivity (Wildman–Crippen MR) is 148 cm³/mol. The first-order chi connectivity index (χ1) is 19.0. The van der Waals surface area contributed by atoms with Crippen LogP contribution in [0.25, 0.3) is 0 Å². The summed E-state index contributed by atoms with van der Waals surface area (Å²) < 4.78 is 5.57. The van der Waals surface area contributed by atoms with Crippen molar-refractivity contribution < 1.29 is 39.5 Å². The number of aromatic hydroxyl groups is 4. The van der Waals surface area contributed by atoms with Crippen molar-refractivity contribution in [1.29, 1.82) is 0 Å². The maximum absolute atomic E-state index is 12.9. The van der Waals surface area contributed by atoms with Crippen LogP contribution in [0.15, 0.2) is 48.5 Å². The second-order valence-corrected chi connectivity index (χ2v) is 9.64. The van der Waals surface area contributed by atoms with Gasteiger partial charge in [0.05, 0.1) is 22.7 Å². The molecule has 0 aliphatic rings. The van der Waals surface area contributed by atoms with Crippen molar-refractivity contribution in [3.05, 3.63) is 81.9 Å². The number of carbonyl (C=O) groups excluding carboxylic acids is 3. The zero-order chi connectivity index (χ0) is 29.4. The number of phenols is 4. The summed E-state index contributed by atoms with van der Waals surface area (Å²) in [5.74, 6) is -3.60. The van der Waals surface area contributed by atoms with E-state index >= 15 is 0 Å². The summed E-state index contributed by atoms with van der Waals surface area (Å²) >= 11 is 0. The quantitative estimate of drug-likeness (QED) is 0.118. The molecule has 0 spiro atoms. The molecule has 1 unspecified atom stereocenters. The van der Waals surface area contributed by atoms with Crippen LogP contribution in [-0.4, -0.2) is 57.4 Å². The van der Waals surface area contributed by atoms with E-state index in [-0.39, 0.29) is 24.3 Å². The smallest absolute Gasteiger partial charge is 0.338 e. The van der Waals surface area contributed by atoms with Gasteiger partial charge in [-0.15, -0.1) is 0 Å². The molecule has 2 amide bonds. The van der Waals surface area contributed by atoms with Crippen molar-refractivity contribution in [3.8, 4) is 23.0 Å². The number of unbranched alkanes of at least 4 members (excludes halogenated alkanes) is 1. The van der Waals surface area contributed by atoms with Crippen molar-refractivity contribution in [3.63, 3.8) is 0 Å². The van der Waals surface area contributed by atoms with Gasteiger partial charge >= 0.3 is 5.97 Å². The Labute approximate surface area is 232 Å². The number of para-hydroxylation sites is 2. The molecule has 0 saturated carbocycles. The highest BCUT2D eigenvalue weighted by Gasteiger charge is 2.21. The summed E-state index contributed by atoms with van der Waals surface area (Å²) in [5.41, 5.74) is 2.86. The highest BCUT2D eigenvalue weighted by Crippen LogP contribution is 2.29. The highest BCUT2D eigenvalue weighted by atomic mass is 16.5. The number of ether oxygens (including phenoxy) is 1. The van der Waals surface area contributed by atoms with Gasteiger partial charge in [0.2, 0.25) is 0 Å². The number of hydrogen-bond donors (Lipinski definition) is 6. The molecule has 0 aliphatic heterocycles. The van der Waals surface area contributed by atoms with Gasteiger partial charge in [0.15, 0.2) is 23.0 Å². The number of nitrogens with one attached hydrogen (secondary N) is 2. The van der Waals surface area contributed by atoms with E-state index in [0.29, 0.717) is 24.8 Å². The fourth-order valence-corrected chi connectivity index (χ4v) is 4.45. The molecular weight excluding hydrogens is 516 g/mol. The average Bonchev–Trinajstić information content (AvgIpc) is 2.89. The van der Waals surface area contributed by atoms with Crippen molar-refractivity contribution in [2.45, 2.75) is 46.1 Å². The minimum Gasteiger partial charge on any atom is -0.504 e. The lowest BCUT2D eigenvalue weighted by atomic mass is 10.00. The van der Waals surface area contributed by atoms with E-state index in [9.17, 15) is 34.8 Å². The molecule has 212 valence electrons. The average molecular weight is 551 g/mol. The molecule has 40 heavy (non-hydrogen) atoms. The molecule has 0 aromatic heterocycles. The lowest BCUT2D eigenvalue weighted by Gasteiger charge is -2.20. The number of benzene rings is 3. The molecule has 10 nitrogen and oxygen atoms in total. The Hall–Kier alpha value is -4.73. The van der Waals surface area contributed by atoms with Crippen LogP contribution in [0.3, 0.4) is 0 Å². The summed E-state index contributed by atoms with van der Waals surface area (Å²) in [6.07, 6.45) is 1.39. The fourth-order valence-electron chi connectivity index (χ4n) is 4.45. The number of carbonyl (C=O) groups is 3. The number of esters is 1. The van der Waals surface area contributed by atoms with E-state index in [1.54, 1.807) is 0 Å². The number of aryl methyl sites for hydroxylation is 3. The zero-order valence-corrected chi connectivity index (χ0v) is 22.7. The van der Waals surface area contributed by atoms with Crippen LogP contribution >= 0.6 is 0 Å². The highest BCUT2D eigenvalue weighted by molar-refractivity contribution is 5.98. The van der Waals surface area contributed by atoms with E-state index in [4.69, 9.17) is 4.74 Å². The summed E-state index contributed by atoms with van der Waals surface area (Å²) in [6.45, 7) is 5.70. The molecular formula is C30H34N2O8. The number of amides is 2. The van der Waals surface area contributed by atoms with Crippen LogP contribution < -0.4 is 10.6 Å². The monoisotopic (exact) mass is 550 g/mol. The number of phenolic OH excluding ortho intramolecular Hbond substituents is 4. The Morgan fingerprint density at radius 2 is 1.35 bits per heavy atom. The van der Waals surface area contributed by atoms with E-state index in [0.717, 1.165) is 16.7 Å². The van der Waals surface area contributed by atoms with E-state index in [2.05, 4.69) is 10.6 Å².